The molecule has 0 spiro atoms. The molecule has 1 amide bonds. The Morgan fingerprint density at radius 3 is 2.64 bits per heavy atom. The molecule has 7 heteroatoms. The SMILES string of the molecule is NC(=O)c1c(Br)ncc(C(F)F)c1Cl. The van der Waals surface area contributed by atoms with Gasteiger partial charge in [0, 0.05) is 6.20 Å². The minimum Gasteiger partial charge on any atom is -0.365 e. The molecule has 0 saturated heterocycles. The largest absolute Gasteiger partial charge is 0.365 e. The number of alkyl halides is 2. The Bertz CT molecular complexity index is 386. The van der Waals surface area contributed by atoms with E-state index >= 15 is 0 Å². The van der Waals surface area contributed by atoms with Gasteiger partial charge in [-0.15, -0.1) is 0 Å². The minimum atomic E-state index is -2.79. The normalized spacial score (nSPS) is 10.6. The van der Waals surface area contributed by atoms with Gasteiger partial charge in [-0.3, -0.25) is 4.79 Å². The molecule has 0 atom stereocenters. The first kappa shape index (κ1) is 11.3. The highest BCUT2D eigenvalue weighted by Crippen LogP contribution is 2.31. The fourth-order valence-corrected chi connectivity index (χ4v) is 1.77. The van der Waals surface area contributed by atoms with Crippen molar-refractivity contribution in [1.29, 1.82) is 0 Å². The zero-order valence-electron chi connectivity index (χ0n) is 6.60. The molecule has 76 valence electrons. The van der Waals surface area contributed by atoms with Gasteiger partial charge in [-0.25, -0.2) is 13.8 Å². The fraction of sp³-hybridized carbons (Fsp3) is 0.143. The van der Waals surface area contributed by atoms with E-state index in [1.165, 1.54) is 0 Å². The summed E-state index contributed by atoms with van der Waals surface area (Å²) in [5, 5.41) is -0.366. The molecule has 0 aliphatic carbocycles. The van der Waals surface area contributed by atoms with Gasteiger partial charge >= 0.3 is 0 Å². The summed E-state index contributed by atoms with van der Waals surface area (Å²) in [5.41, 5.74) is 4.20. The lowest BCUT2D eigenvalue weighted by Crippen LogP contribution is -2.14. The number of pyridine rings is 1. The second-order valence-electron chi connectivity index (χ2n) is 2.36. The Morgan fingerprint density at radius 1 is 1.64 bits per heavy atom. The molecule has 0 bridgehead atoms. The second kappa shape index (κ2) is 4.18. The van der Waals surface area contributed by atoms with Gasteiger partial charge < -0.3 is 5.73 Å². The molecule has 1 heterocycles. The standard InChI is InChI=1S/C7H4BrClF2N2O/c8-5-3(7(12)14)4(9)2(1-13-5)6(10)11/h1,6H,(H2,12,14). The number of aromatic nitrogens is 1. The maximum absolute atomic E-state index is 12.3. The Labute approximate surface area is 91.4 Å². The second-order valence-corrected chi connectivity index (χ2v) is 3.49. The van der Waals surface area contributed by atoms with Crippen LogP contribution in [0, 0.1) is 0 Å². The van der Waals surface area contributed by atoms with E-state index in [0.717, 1.165) is 6.20 Å². The molecule has 0 fully saturated rings. The predicted molar refractivity (Wildman–Crippen MR) is 50.4 cm³/mol. The third-order valence-electron chi connectivity index (χ3n) is 1.48. The van der Waals surface area contributed by atoms with Crippen molar-refractivity contribution in [2.24, 2.45) is 5.73 Å². The first-order valence-electron chi connectivity index (χ1n) is 3.37. The summed E-state index contributed by atoms with van der Waals surface area (Å²) in [6.45, 7) is 0. The number of carbonyl (C=O) groups is 1. The van der Waals surface area contributed by atoms with Crippen molar-refractivity contribution in [3.8, 4) is 0 Å². The van der Waals surface area contributed by atoms with Crippen molar-refractivity contribution < 1.29 is 13.6 Å². The van der Waals surface area contributed by atoms with E-state index in [0.29, 0.717) is 0 Å². The number of hydrogen-bond acceptors (Lipinski definition) is 2. The average molecular weight is 285 g/mol. The monoisotopic (exact) mass is 284 g/mol. The van der Waals surface area contributed by atoms with E-state index in [1.54, 1.807) is 0 Å². The molecule has 0 saturated carbocycles. The van der Waals surface area contributed by atoms with Crippen LogP contribution in [0.2, 0.25) is 5.02 Å². The molecule has 0 unspecified atom stereocenters. The molecular formula is C7H4BrClF2N2O. The highest BCUT2D eigenvalue weighted by Gasteiger charge is 2.20. The van der Waals surface area contributed by atoms with Crippen LogP contribution in [0.3, 0.4) is 0 Å². The van der Waals surface area contributed by atoms with Crippen LogP contribution < -0.4 is 5.73 Å². The zero-order valence-corrected chi connectivity index (χ0v) is 8.94. The van der Waals surface area contributed by atoms with E-state index in [4.69, 9.17) is 17.3 Å². The Kier molecular flexibility index (Phi) is 3.38. The summed E-state index contributed by atoms with van der Waals surface area (Å²) in [6, 6.07) is 0. The molecule has 2 N–H and O–H groups in total. The summed E-state index contributed by atoms with van der Waals surface area (Å²) < 4.78 is 24.7. The van der Waals surface area contributed by atoms with Crippen LogP contribution in [0.25, 0.3) is 0 Å². The number of amides is 1. The van der Waals surface area contributed by atoms with Gasteiger partial charge in [0.2, 0.25) is 0 Å². The molecule has 1 aromatic rings. The van der Waals surface area contributed by atoms with Gasteiger partial charge in [0.15, 0.2) is 0 Å². The number of hydrogen-bond donors (Lipinski definition) is 1. The van der Waals surface area contributed by atoms with Crippen LogP contribution in [0.1, 0.15) is 22.3 Å². The van der Waals surface area contributed by atoms with Crippen molar-refractivity contribution in [3.05, 3.63) is 26.9 Å². The van der Waals surface area contributed by atoms with E-state index in [1.807, 2.05) is 0 Å². The van der Waals surface area contributed by atoms with Crippen LogP contribution in [0.4, 0.5) is 8.78 Å². The molecular weight excluding hydrogens is 281 g/mol. The molecule has 0 radical (unpaired) electrons. The summed E-state index contributed by atoms with van der Waals surface area (Å²) in [7, 11) is 0. The maximum Gasteiger partial charge on any atom is 0.266 e. The number of primary amides is 1. The van der Waals surface area contributed by atoms with Crippen LogP contribution in [-0.2, 0) is 0 Å². The van der Waals surface area contributed by atoms with Crippen molar-refractivity contribution in [2.75, 3.05) is 0 Å². The zero-order chi connectivity index (χ0) is 10.9. The topological polar surface area (TPSA) is 56.0 Å². The predicted octanol–water partition coefficient (Wildman–Crippen LogP) is 2.53. The average Bonchev–Trinajstić information content (AvgIpc) is 2.02. The van der Waals surface area contributed by atoms with Crippen molar-refractivity contribution in [1.82, 2.24) is 4.98 Å². The van der Waals surface area contributed by atoms with Crippen LogP contribution in [0.15, 0.2) is 10.8 Å². The Hall–Kier alpha value is -0.750. The summed E-state index contributed by atoms with van der Waals surface area (Å²) in [6.07, 6.45) is -1.90. The van der Waals surface area contributed by atoms with E-state index in [9.17, 15) is 13.6 Å². The molecule has 0 aliphatic rings. The van der Waals surface area contributed by atoms with Crippen LogP contribution >= 0.6 is 27.5 Å². The molecule has 0 aromatic carbocycles. The highest BCUT2D eigenvalue weighted by molar-refractivity contribution is 9.10. The molecule has 3 nitrogen and oxygen atoms in total. The summed E-state index contributed by atoms with van der Waals surface area (Å²) in [4.78, 5) is 14.4. The lowest BCUT2D eigenvalue weighted by atomic mass is 10.2. The number of halogens is 4. The fourth-order valence-electron chi connectivity index (χ4n) is 0.844. The lowest BCUT2D eigenvalue weighted by Gasteiger charge is -2.07. The van der Waals surface area contributed by atoms with Gasteiger partial charge in [0.1, 0.15) is 4.60 Å². The van der Waals surface area contributed by atoms with Gasteiger partial charge in [-0.2, -0.15) is 0 Å². The van der Waals surface area contributed by atoms with Crippen molar-refractivity contribution in [2.45, 2.75) is 6.43 Å². The smallest absolute Gasteiger partial charge is 0.266 e. The molecule has 1 aromatic heterocycles. The summed E-state index contributed by atoms with van der Waals surface area (Å²) in [5.74, 6) is -0.906. The van der Waals surface area contributed by atoms with Gasteiger partial charge in [0.05, 0.1) is 16.1 Å². The van der Waals surface area contributed by atoms with Crippen LogP contribution in [0.5, 0.6) is 0 Å². The molecule has 1 rings (SSSR count). The maximum atomic E-state index is 12.3. The number of carbonyl (C=O) groups excluding carboxylic acids is 1. The van der Waals surface area contributed by atoms with Gasteiger partial charge in [-0.05, 0) is 15.9 Å². The van der Waals surface area contributed by atoms with Gasteiger partial charge in [0.25, 0.3) is 12.3 Å². The molecule has 14 heavy (non-hydrogen) atoms. The lowest BCUT2D eigenvalue weighted by molar-refractivity contribution is 0.0998. The first-order chi connectivity index (χ1) is 6.45. The number of nitrogens with zero attached hydrogens (tertiary/aromatic N) is 1. The minimum absolute atomic E-state index is 0.0550. The van der Waals surface area contributed by atoms with Gasteiger partial charge in [-0.1, -0.05) is 11.6 Å². The van der Waals surface area contributed by atoms with Crippen LogP contribution in [-0.4, -0.2) is 10.9 Å². The number of nitrogens with two attached hydrogens (primary N) is 1. The van der Waals surface area contributed by atoms with E-state index in [-0.39, 0.29) is 15.2 Å². The van der Waals surface area contributed by atoms with Crippen molar-refractivity contribution in [3.63, 3.8) is 0 Å². The third-order valence-corrected chi connectivity index (χ3v) is 2.49. The Morgan fingerprint density at radius 2 is 2.21 bits per heavy atom. The van der Waals surface area contributed by atoms with E-state index < -0.39 is 17.9 Å². The Balaban J connectivity index is 3.41. The van der Waals surface area contributed by atoms with Crippen molar-refractivity contribution >= 4 is 33.4 Å². The third kappa shape index (κ3) is 2.01. The van der Waals surface area contributed by atoms with E-state index in [2.05, 4.69) is 20.9 Å². The first-order valence-corrected chi connectivity index (χ1v) is 4.54. The molecule has 0 aliphatic heterocycles. The quantitative estimate of drug-likeness (QED) is 0.849. The number of rotatable bonds is 2. The summed E-state index contributed by atoms with van der Waals surface area (Å²) >= 11 is 8.44. The highest BCUT2D eigenvalue weighted by atomic mass is 79.9.